The summed E-state index contributed by atoms with van der Waals surface area (Å²) in [5.74, 6) is 0. The van der Waals surface area contributed by atoms with Gasteiger partial charge in [-0.15, -0.1) is 0 Å². The van der Waals surface area contributed by atoms with Gasteiger partial charge in [0.05, 0.1) is 0 Å². The molecule has 1 N–H and O–H groups in total. The molecule has 94 valence electrons. The second kappa shape index (κ2) is 5.99. The summed E-state index contributed by atoms with van der Waals surface area (Å²) in [5, 5.41) is 3.65. The average Bonchev–Trinajstić information content (AvgIpc) is 2.31. The minimum atomic E-state index is 0.749. The van der Waals surface area contributed by atoms with E-state index in [-0.39, 0.29) is 0 Å². The summed E-state index contributed by atoms with van der Waals surface area (Å²) in [6.45, 7) is 5.01. The highest BCUT2D eigenvalue weighted by molar-refractivity contribution is 4.81. The Kier molecular flexibility index (Phi) is 4.62. The van der Waals surface area contributed by atoms with Crippen molar-refractivity contribution in [3.05, 3.63) is 0 Å². The molecule has 16 heavy (non-hydrogen) atoms. The lowest BCUT2D eigenvalue weighted by Gasteiger charge is -2.37. The largest absolute Gasteiger partial charge is 0.313 e. The second-order valence-corrected chi connectivity index (χ2v) is 5.62. The third kappa shape index (κ3) is 3.44. The first kappa shape index (κ1) is 12.3. The molecule has 2 aliphatic heterocycles. The SMILES string of the molecule is CN1CCC(N(C)CC2CCCCN2)CC1. The van der Waals surface area contributed by atoms with Crippen LogP contribution in [-0.2, 0) is 0 Å². The van der Waals surface area contributed by atoms with Gasteiger partial charge >= 0.3 is 0 Å². The van der Waals surface area contributed by atoms with Gasteiger partial charge in [0.2, 0.25) is 0 Å². The van der Waals surface area contributed by atoms with Gasteiger partial charge < -0.3 is 15.1 Å². The topological polar surface area (TPSA) is 18.5 Å². The lowest BCUT2D eigenvalue weighted by Crippen LogP contribution is -2.48. The Bertz CT molecular complexity index is 193. The molecule has 0 aromatic rings. The van der Waals surface area contributed by atoms with E-state index >= 15 is 0 Å². The van der Waals surface area contributed by atoms with Gasteiger partial charge in [-0.25, -0.2) is 0 Å². The molecule has 0 bridgehead atoms. The van der Waals surface area contributed by atoms with Crippen molar-refractivity contribution in [2.24, 2.45) is 0 Å². The van der Waals surface area contributed by atoms with Crippen LogP contribution in [-0.4, -0.2) is 62.2 Å². The average molecular weight is 225 g/mol. The zero-order valence-electron chi connectivity index (χ0n) is 10.9. The van der Waals surface area contributed by atoms with E-state index in [9.17, 15) is 0 Å². The zero-order chi connectivity index (χ0) is 11.4. The Balaban J connectivity index is 1.72. The Morgan fingerprint density at radius 1 is 1.19 bits per heavy atom. The molecule has 0 saturated carbocycles. The normalized spacial score (nSPS) is 29.8. The van der Waals surface area contributed by atoms with E-state index in [0.717, 1.165) is 12.1 Å². The van der Waals surface area contributed by atoms with Crippen LogP contribution in [0.25, 0.3) is 0 Å². The van der Waals surface area contributed by atoms with E-state index in [2.05, 4.69) is 29.2 Å². The predicted molar refractivity (Wildman–Crippen MR) is 68.8 cm³/mol. The molecule has 3 heteroatoms. The Morgan fingerprint density at radius 3 is 2.56 bits per heavy atom. The fourth-order valence-electron chi connectivity index (χ4n) is 3.01. The summed E-state index contributed by atoms with van der Waals surface area (Å²) in [6, 6.07) is 1.57. The molecular weight excluding hydrogens is 198 g/mol. The first-order chi connectivity index (χ1) is 7.75. The van der Waals surface area contributed by atoms with Crippen LogP contribution >= 0.6 is 0 Å². The van der Waals surface area contributed by atoms with Crippen molar-refractivity contribution in [3.63, 3.8) is 0 Å². The van der Waals surface area contributed by atoms with Crippen LogP contribution in [0, 0.1) is 0 Å². The molecule has 0 aromatic heterocycles. The number of nitrogens with one attached hydrogen (secondary N) is 1. The number of likely N-dealkylation sites (N-methyl/N-ethyl adjacent to an activating group) is 1. The summed E-state index contributed by atoms with van der Waals surface area (Å²) in [4.78, 5) is 5.04. The standard InChI is InChI=1S/C13H27N3/c1-15-9-6-13(7-10-15)16(2)11-12-5-3-4-8-14-12/h12-14H,3-11H2,1-2H3. The van der Waals surface area contributed by atoms with Crippen molar-refractivity contribution in [1.82, 2.24) is 15.1 Å². The number of rotatable bonds is 3. The minimum absolute atomic E-state index is 0.749. The van der Waals surface area contributed by atoms with E-state index in [1.165, 1.54) is 58.3 Å². The van der Waals surface area contributed by atoms with Crippen LogP contribution in [0.3, 0.4) is 0 Å². The Hall–Kier alpha value is -0.120. The first-order valence-corrected chi connectivity index (χ1v) is 6.88. The third-order valence-electron chi connectivity index (χ3n) is 4.23. The van der Waals surface area contributed by atoms with Crippen LogP contribution in [0.5, 0.6) is 0 Å². The maximum Gasteiger partial charge on any atom is 0.0195 e. The van der Waals surface area contributed by atoms with Crippen molar-refractivity contribution < 1.29 is 0 Å². The molecule has 0 amide bonds. The van der Waals surface area contributed by atoms with Crippen LogP contribution in [0.4, 0.5) is 0 Å². The highest BCUT2D eigenvalue weighted by Crippen LogP contribution is 2.16. The number of likely N-dealkylation sites (tertiary alicyclic amines) is 1. The predicted octanol–water partition coefficient (Wildman–Crippen LogP) is 1.15. The van der Waals surface area contributed by atoms with E-state index in [1.807, 2.05) is 0 Å². The lowest BCUT2D eigenvalue weighted by molar-refractivity contribution is 0.130. The van der Waals surface area contributed by atoms with Crippen molar-refractivity contribution in [2.75, 3.05) is 40.3 Å². The molecule has 0 radical (unpaired) electrons. The molecule has 0 spiro atoms. The van der Waals surface area contributed by atoms with Gasteiger partial charge in [0.1, 0.15) is 0 Å². The van der Waals surface area contributed by atoms with Crippen LogP contribution in [0.2, 0.25) is 0 Å². The molecule has 2 fully saturated rings. The van der Waals surface area contributed by atoms with Gasteiger partial charge in [0.15, 0.2) is 0 Å². The molecule has 2 saturated heterocycles. The van der Waals surface area contributed by atoms with E-state index in [1.54, 1.807) is 0 Å². The lowest BCUT2D eigenvalue weighted by atomic mass is 10.0. The Morgan fingerprint density at radius 2 is 1.94 bits per heavy atom. The van der Waals surface area contributed by atoms with Gasteiger partial charge in [-0.3, -0.25) is 0 Å². The highest BCUT2D eigenvalue weighted by Gasteiger charge is 2.23. The summed E-state index contributed by atoms with van der Waals surface area (Å²) >= 11 is 0. The minimum Gasteiger partial charge on any atom is -0.313 e. The van der Waals surface area contributed by atoms with Crippen molar-refractivity contribution in [3.8, 4) is 0 Å². The van der Waals surface area contributed by atoms with Gasteiger partial charge in [-0.2, -0.15) is 0 Å². The van der Waals surface area contributed by atoms with Gasteiger partial charge in [-0.1, -0.05) is 6.42 Å². The van der Waals surface area contributed by atoms with Gasteiger partial charge in [0.25, 0.3) is 0 Å². The van der Waals surface area contributed by atoms with Crippen molar-refractivity contribution in [1.29, 1.82) is 0 Å². The maximum atomic E-state index is 3.65. The van der Waals surface area contributed by atoms with Crippen LogP contribution in [0.15, 0.2) is 0 Å². The number of hydrogen-bond acceptors (Lipinski definition) is 3. The summed E-state index contributed by atoms with van der Waals surface area (Å²) in [5.41, 5.74) is 0. The third-order valence-corrected chi connectivity index (χ3v) is 4.23. The molecule has 2 rings (SSSR count). The molecule has 1 atom stereocenters. The highest BCUT2D eigenvalue weighted by atomic mass is 15.2. The van der Waals surface area contributed by atoms with Crippen LogP contribution in [0.1, 0.15) is 32.1 Å². The summed E-state index contributed by atoms with van der Waals surface area (Å²) in [7, 11) is 4.55. The monoisotopic (exact) mass is 225 g/mol. The van der Waals surface area contributed by atoms with Crippen molar-refractivity contribution in [2.45, 2.75) is 44.2 Å². The number of nitrogens with zero attached hydrogens (tertiary/aromatic N) is 2. The van der Waals surface area contributed by atoms with Gasteiger partial charge in [-0.05, 0) is 59.4 Å². The summed E-state index contributed by atoms with van der Waals surface area (Å²) < 4.78 is 0. The quantitative estimate of drug-likeness (QED) is 0.777. The molecule has 0 aromatic carbocycles. The number of hydrogen-bond donors (Lipinski definition) is 1. The van der Waals surface area contributed by atoms with E-state index in [0.29, 0.717) is 0 Å². The fourth-order valence-corrected chi connectivity index (χ4v) is 3.01. The number of piperidine rings is 2. The smallest absolute Gasteiger partial charge is 0.0195 e. The van der Waals surface area contributed by atoms with E-state index in [4.69, 9.17) is 0 Å². The molecule has 2 heterocycles. The first-order valence-electron chi connectivity index (χ1n) is 6.88. The van der Waals surface area contributed by atoms with Gasteiger partial charge in [0, 0.05) is 18.6 Å². The molecule has 2 aliphatic rings. The zero-order valence-corrected chi connectivity index (χ0v) is 10.9. The fraction of sp³-hybridized carbons (Fsp3) is 1.00. The Labute approximate surface area is 100 Å². The second-order valence-electron chi connectivity index (χ2n) is 5.62. The maximum absolute atomic E-state index is 3.65. The summed E-state index contributed by atoms with van der Waals surface area (Å²) in [6.07, 6.45) is 6.85. The molecule has 0 aliphatic carbocycles. The van der Waals surface area contributed by atoms with Crippen molar-refractivity contribution >= 4 is 0 Å². The molecule has 3 nitrogen and oxygen atoms in total. The molecular formula is C13H27N3. The van der Waals surface area contributed by atoms with E-state index < -0.39 is 0 Å². The van der Waals surface area contributed by atoms with Crippen LogP contribution < -0.4 is 5.32 Å². The molecule has 1 unspecified atom stereocenters.